The van der Waals surface area contributed by atoms with Crippen molar-refractivity contribution in [2.45, 2.75) is 13.8 Å². The quantitative estimate of drug-likeness (QED) is 0.331. The van der Waals surface area contributed by atoms with Gasteiger partial charge in [0.2, 0.25) is 11.3 Å². The molecule has 0 bridgehead atoms. The minimum absolute atomic E-state index is 0.577. The van der Waals surface area contributed by atoms with Crippen molar-refractivity contribution in [3.8, 4) is 0 Å². The summed E-state index contributed by atoms with van der Waals surface area (Å²) in [5, 5.41) is -1.86. The first-order valence-corrected chi connectivity index (χ1v) is 7.98. The lowest BCUT2D eigenvalue weighted by atomic mass is 10.3. The molecule has 0 unspecified atom stereocenters. The molecule has 0 amide bonds. The molecular weight excluding hydrogens is 356 g/mol. The maximum atomic E-state index is 13.9. The highest BCUT2D eigenvalue weighted by molar-refractivity contribution is 6.87. The van der Waals surface area contributed by atoms with Crippen LogP contribution in [0.2, 0.25) is 0 Å². The van der Waals surface area contributed by atoms with Gasteiger partial charge >= 0.3 is 14.6 Å². The second-order valence-electron chi connectivity index (χ2n) is 4.00. The van der Waals surface area contributed by atoms with Gasteiger partial charge < -0.3 is 8.85 Å². The average molecular weight is 366 g/mol. The van der Waals surface area contributed by atoms with Gasteiger partial charge in [0, 0.05) is 13.2 Å². The van der Waals surface area contributed by atoms with Crippen LogP contribution in [0.4, 0.5) is 35.1 Å². The normalized spacial score (nSPS) is 11.7. The van der Waals surface area contributed by atoms with E-state index in [2.05, 4.69) is 8.85 Å². The zero-order chi connectivity index (χ0) is 17.9. The van der Waals surface area contributed by atoms with Gasteiger partial charge in [-0.2, -0.15) is 8.78 Å². The van der Waals surface area contributed by atoms with Crippen molar-refractivity contribution in [1.29, 1.82) is 0 Å². The van der Waals surface area contributed by atoms with Crippen LogP contribution in [0.5, 0.6) is 0 Å². The van der Waals surface area contributed by atoms with E-state index in [4.69, 9.17) is 0 Å². The van der Waals surface area contributed by atoms with Crippen molar-refractivity contribution in [3.05, 3.63) is 40.6 Å². The Hall–Kier alpha value is -1.46. The summed E-state index contributed by atoms with van der Waals surface area (Å²) in [4.78, 5) is 0. The van der Waals surface area contributed by atoms with Crippen LogP contribution in [0.1, 0.15) is 13.8 Å². The van der Waals surface area contributed by atoms with E-state index in [1.54, 1.807) is 0 Å². The maximum Gasteiger partial charge on any atom is 0.449 e. The zero-order valence-corrected chi connectivity index (χ0v) is 12.8. The Labute approximate surface area is 126 Å². The van der Waals surface area contributed by atoms with Crippen LogP contribution in [0, 0.1) is 29.1 Å². The molecule has 11 heteroatoms. The van der Waals surface area contributed by atoms with Crippen LogP contribution in [0.25, 0.3) is 0 Å². The molecule has 0 radical (unpaired) electrons. The summed E-state index contributed by atoms with van der Waals surface area (Å²) in [6.45, 7) is 1.14. The Balaban J connectivity index is 3.92. The summed E-state index contributed by atoms with van der Waals surface area (Å²) < 4.78 is 116. The average Bonchev–Trinajstić information content (AvgIpc) is 2.50. The van der Waals surface area contributed by atoms with Gasteiger partial charge in [-0.15, -0.1) is 0 Å². The minimum atomic E-state index is -5.45. The van der Waals surface area contributed by atoms with E-state index < -0.39 is 67.6 Å². The van der Waals surface area contributed by atoms with Crippen molar-refractivity contribution < 1.29 is 44.0 Å². The number of benzene rings is 1. The molecule has 130 valence electrons. The van der Waals surface area contributed by atoms with E-state index in [9.17, 15) is 35.1 Å². The number of rotatable bonds is 6. The number of halogens is 8. The van der Waals surface area contributed by atoms with E-state index in [0.717, 1.165) is 13.8 Å². The van der Waals surface area contributed by atoms with Crippen LogP contribution < -0.4 is 5.19 Å². The van der Waals surface area contributed by atoms with E-state index in [-0.39, 0.29) is 0 Å². The van der Waals surface area contributed by atoms with Crippen LogP contribution in [0.15, 0.2) is 11.5 Å². The van der Waals surface area contributed by atoms with Crippen LogP contribution in [-0.2, 0) is 8.85 Å². The van der Waals surface area contributed by atoms with Gasteiger partial charge in [0.15, 0.2) is 23.3 Å². The van der Waals surface area contributed by atoms with Gasteiger partial charge in [0.25, 0.3) is 0 Å². The Morgan fingerprint density at radius 3 is 1.39 bits per heavy atom. The molecule has 0 N–H and O–H groups in total. The van der Waals surface area contributed by atoms with E-state index in [1.807, 2.05) is 0 Å². The molecule has 1 aromatic rings. The van der Waals surface area contributed by atoms with Gasteiger partial charge in [0.05, 0.1) is 5.19 Å². The molecule has 0 saturated heterocycles. The predicted octanol–water partition coefficient (Wildman–Crippen LogP) is 3.72. The van der Waals surface area contributed by atoms with E-state index in [0.29, 0.717) is 0 Å². The van der Waals surface area contributed by atoms with Crippen LogP contribution >= 0.6 is 0 Å². The molecule has 0 aliphatic rings. The smallest absolute Gasteiger partial charge is 0.386 e. The van der Waals surface area contributed by atoms with Crippen LogP contribution in [-0.4, -0.2) is 21.8 Å². The first-order valence-electron chi connectivity index (χ1n) is 6.16. The summed E-state index contributed by atoms with van der Waals surface area (Å²) in [5.41, 5.74) is -2.48. The van der Waals surface area contributed by atoms with E-state index in [1.165, 1.54) is 0 Å². The van der Waals surface area contributed by atoms with Crippen molar-refractivity contribution in [2.24, 2.45) is 0 Å². The zero-order valence-electron chi connectivity index (χ0n) is 11.8. The minimum Gasteiger partial charge on any atom is -0.386 e. The van der Waals surface area contributed by atoms with Gasteiger partial charge in [-0.3, -0.25) is 0 Å². The second-order valence-corrected chi connectivity index (χ2v) is 6.75. The fourth-order valence-corrected chi connectivity index (χ4v) is 4.55. The Morgan fingerprint density at radius 1 is 0.739 bits per heavy atom. The highest BCUT2D eigenvalue weighted by Gasteiger charge is 2.54. The number of hydrogen-bond acceptors (Lipinski definition) is 2. The Bertz CT molecular complexity index is 595. The van der Waals surface area contributed by atoms with Crippen molar-refractivity contribution >= 4 is 13.7 Å². The molecule has 0 aliphatic heterocycles. The van der Waals surface area contributed by atoms with Crippen LogP contribution in [0.3, 0.4) is 0 Å². The summed E-state index contributed by atoms with van der Waals surface area (Å²) >= 11 is 0. The predicted molar refractivity (Wildman–Crippen MR) is 65.2 cm³/mol. The molecule has 1 rings (SSSR count). The molecule has 0 spiro atoms. The summed E-state index contributed by atoms with van der Waals surface area (Å²) in [7, 11) is -5.45. The van der Waals surface area contributed by atoms with Gasteiger partial charge in [-0.1, -0.05) is 0 Å². The molecule has 0 aromatic heterocycles. The third-order valence-corrected chi connectivity index (χ3v) is 5.94. The maximum absolute atomic E-state index is 13.9. The van der Waals surface area contributed by atoms with Crippen molar-refractivity contribution in [3.63, 3.8) is 0 Å². The third kappa shape index (κ3) is 3.26. The molecule has 0 aliphatic carbocycles. The van der Waals surface area contributed by atoms with Crippen molar-refractivity contribution in [1.82, 2.24) is 0 Å². The molecule has 2 nitrogen and oxygen atoms in total. The third-order valence-electron chi connectivity index (χ3n) is 2.69. The fraction of sp³-hybridized carbons (Fsp3) is 0.333. The molecule has 1 aromatic carbocycles. The van der Waals surface area contributed by atoms with Gasteiger partial charge in [0.1, 0.15) is 0 Å². The Morgan fingerprint density at radius 2 is 1.09 bits per heavy atom. The van der Waals surface area contributed by atoms with E-state index >= 15 is 0 Å². The van der Waals surface area contributed by atoms with Crippen molar-refractivity contribution in [2.75, 3.05) is 13.2 Å². The fourth-order valence-electron chi connectivity index (χ4n) is 1.85. The number of hydrogen-bond donors (Lipinski definition) is 0. The standard InChI is InChI=1S/C12H10F8O2Si/c1-3-21-23(22-4-2,12(20)11(18)19)10-8(16)6(14)5(13)7(15)9(10)17/h3-4H2,1-2H3. The first kappa shape index (κ1) is 19.6. The highest BCUT2D eigenvalue weighted by atomic mass is 28.4. The topological polar surface area (TPSA) is 18.5 Å². The van der Waals surface area contributed by atoms with Gasteiger partial charge in [-0.05, 0) is 13.8 Å². The highest BCUT2D eigenvalue weighted by Crippen LogP contribution is 2.29. The lowest BCUT2D eigenvalue weighted by Crippen LogP contribution is -2.59. The summed E-state index contributed by atoms with van der Waals surface area (Å²) in [5.74, 6) is -12.3. The molecule has 0 heterocycles. The largest absolute Gasteiger partial charge is 0.449 e. The molecule has 23 heavy (non-hydrogen) atoms. The molecule has 0 saturated carbocycles. The SMILES string of the molecule is CCO[Si](OCC)(C(F)=C(F)F)c1c(F)c(F)c(F)c(F)c1F. The monoisotopic (exact) mass is 366 g/mol. The molecule has 0 fully saturated rings. The lowest BCUT2D eigenvalue weighted by molar-refractivity contribution is 0.189. The molecule has 0 atom stereocenters. The van der Waals surface area contributed by atoms with Gasteiger partial charge in [-0.25, -0.2) is 26.3 Å². The Kier molecular flexibility index (Phi) is 6.30. The first-order chi connectivity index (χ1) is 10.7. The second kappa shape index (κ2) is 7.40. The summed E-state index contributed by atoms with van der Waals surface area (Å²) in [6, 6.07) is 0. The summed E-state index contributed by atoms with van der Waals surface area (Å²) in [6.07, 6.45) is -3.04. The molecular formula is C12H10F8O2Si. The lowest BCUT2D eigenvalue weighted by Gasteiger charge is -2.28.